The van der Waals surface area contributed by atoms with Crippen LogP contribution in [0.3, 0.4) is 0 Å². The van der Waals surface area contributed by atoms with Gasteiger partial charge >= 0.3 is 6.61 Å². The molecule has 0 amide bonds. The van der Waals surface area contributed by atoms with Crippen LogP contribution in [0.15, 0.2) is 36.7 Å². The fourth-order valence-electron chi connectivity index (χ4n) is 2.10. The summed E-state index contributed by atoms with van der Waals surface area (Å²) in [5, 5.41) is 9.97. The van der Waals surface area contributed by atoms with Crippen molar-refractivity contribution in [2.75, 3.05) is 0 Å². The van der Waals surface area contributed by atoms with Gasteiger partial charge in [0.05, 0.1) is 6.20 Å². The van der Waals surface area contributed by atoms with E-state index in [2.05, 4.69) is 20.3 Å². The number of halogens is 2. The Morgan fingerprint density at radius 2 is 1.95 bits per heavy atom. The second kappa shape index (κ2) is 6.47. The van der Waals surface area contributed by atoms with Gasteiger partial charge in [-0.25, -0.2) is 0 Å². The van der Waals surface area contributed by atoms with Crippen LogP contribution in [0.2, 0.25) is 0 Å². The van der Waals surface area contributed by atoms with E-state index in [1.165, 1.54) is 0 Å². The first kappa shape index (κ1) is 14.5. The molecule has 0 spiro atoms. The molecule has 0 aliphatic rings. The minimum Gasteiger partial charge on any atom is -0.434 e. The molecule has 0 aliphatic carbocycles. The Balaban J connectivity index is 2.10. The van der Waals surface area contributed by atoms with Crippen LogP contribution >= 0.6 is 0 Å². The molecule has 2 rings (SSSR count). The molecule has 108 valence electrons. The second-order valence-corrected chi connectivity index (χ2v) is 4.56. The first-order chi connectivity index (χ1) is 9.58. The van der Waals surface area contributed by atoms with Gasteiger partial charge in [-0.3, -0.25) is 5.10 Å². The summed E-state index contributed by atoms with van der Waals surface area (Å²) in [5.74, 6) is 0.196. The molecule has 20 heavy (non-hydrogen) atoms. The molecule has 4 nitrogen and oxygen atoms in total. The fraction of sp³-hybridized carbons (Fsp3) is 0.357. The SMILES string of the molecule is CC(NC(C)c1ccccc1OC(F)F)c1cn[nH]c1. The number of ether oxygens (including phenoxy) is 1. The molecule has 0 bridgehead atoms. The molecule has 6 heteroatoms. The molecule has 2 N–H and O–H groups in total. The number of alkyl halides is 2. The average Bonchev–Trinajstić information content (AvgIpc) is 2.92. The summed E-state index contributed by atoms with van der Waals surface area (Å²) in [6.45, 7) is 1.07. The molecule has 1 aromatic carbocycles. The van der Waals surface area contributed by atoms with Gasteiger partial charge in [0, 0.05) is 29.4 Å². The van der Waals surface area contributed by atoms with Crippen LogP contribution in [0.1, 0.15) is 37.1 Å². The third kappa shape index (κ3) is 3.54. The summed E-state index contributed by atoms with van der Waals surface area (Å²) in [4.78, 5) is 0. The lowest BCUT2D eigenvalue weighted by Crippen LogP contribution is -2.23. The maximum Gasteiger partial charge on any atom is 0.387 e. The molecule has 0 radical (unpaired) electrons. The number of para-hydroxylation sites is 1. The van der Waals surface area contributed by atoms with Crippen LogP contribution in [0.4, 0.5) is 8.78 Å². The molecule has 0 aliphatic heterocycles. The van der Waals surface area contributed by atoms with Crippen molar-refractivity contribution < 1.29 is 13.5 Å². The molecule has 2 unspecified atom stereocenters. The van der Waals surface area contributed by atoms with Crippen molar-refractivity contribution in [3.63, 3.8) is 0 Å². The van der Waals surface area contributed by atoms with Gasteiger partial charge in [-0.05, 0) is 19.9 Å². The van der Waals surface area contributed by atoms with E-state index in [0.717, 1.165) is 5.56 Å². The Labute approximate surface area is 116 Å². The van der Waals surface area contributed by atoms with Gasteiger partial charge in [0.1, 0.15) is 5.75 Å². The summed E-state index contributed by atoms with van der Waals surface area (Å²) in [6.07, 6.45) is 3.53. The van der Waals surface area contributed by atoms with Gasteiger partial charge in [0.2, 0.25) is 0 Å². The smallest absolute Gasteiger partial charge is 0.387 e. The Morgan fingerprint density at radius 3 is 2.60 bits per heavy atom. The predicted octanol–water partition coefficient (Wildman–Crippen LogP) is 3.42. The van der Waals surface area contributed by atoms with E-state index in [1.54, 1.807) is 36.7 Å². The van der Waals surface area contributed by atoms with E-state index in [1.807, 2.05) is 13.8 Å². The van der Waals surface area contributed by atoms with Crippen molar-refractivity contribution in [2.45, 2.75) is 32.5 Å². The van der Waals surface area contributed by atoms with Crippen molar-refractivity contribution in [1.82, 2.24) is 15.5 Å². The lowest BCUT2D eigenvalue weighted by molar-refractivity contribution is -0.0506. The fourth-order valence-corrected chi connectivity index (χ4v) is 2.10. The molecular formula is C14H17F2N3O. The van der Waals surface area contributed by atoms with Crippen molar-refractivity contribution in [2.24, 2.45) is 0 Å². The summed E-state index contributed by atoms with van der Waals surface area (Å²) in [6, 6.07) is 6.71. The minimum atomic E-state index is -2.82. The highest BCUT2D eigenvalue weighted by molar-refractivity contribution is 5.35. The van der Waals surface area contributed by atoms with Crippen molar-refractivity contribution >= 4 is 0 Å². The van der Waals surface area contributed by atoms with E-state index < -0.39 is 6.61 Å². The number of nitrogens with one attached hydrogen (secondary N) is 2. The highest BCUT2D eigenvalue weighted by Crippen LogP contribution is 2.28. The number of H-pyrrole nitrogens is 1. The normalized spacial score (nSPS) is 14.2. The van der Waals surface area contributed by atoms with Crippen LogP contribution in [0, 0.1) is 0 Å². The van der Waals surface area contributed by atoms with Crippen molar-refractivity contribution in [1.29, 1.82) is 0 Å². The molecular weight excluding hydrogens is 264 g/mol. The van der Waals surface area contributed by atoms with Crippen LogP contribution in [-0.2, 0) is 0 Å². The van der Waals surface area contributed by atoms with Gasteiger partial charge in [-0.15, -0.1) is 0 Å². The zero-order valence-corrected chi connectivity index (χ0v) is 11.3. The third-order valence-corrected chi connectivity index (χ3v) is 3.12. The second-order valence-electron chi connectivity index (χ2n) is 4.56. The van der Waals surface area contributed by atoms with E-state index in [0.29, 0.717) is 5.56 Å². The van der Waals surface area contributed by atoms with E-state index >= 15 is 0 Å². The predicted molar refractivity (Wildman–Crippen MR) is 71.6 cm³/mol. The number of hydrogen-bond donors (Lipinski definition) is 2. The number of hydrogen-bond acceptors (Lipinski definition) is 3. The lowest BCUT2D eigenvalue weighted by atomic mass is 10.1. The van der Waals surface area contributed by atoms with Gasteiger partial charge in [-0.2, -0.15) is 13.9 Å². The maximum atomic E-state index is 12.4. The number of rotatable bonds is 6. The first-order valence-corrected chi connectivity index (χ1v) is 6.36. The van der Waals surface area contributed by atoms with E-state index in [9.17, 15) is 8.78 Å². The molecule has 0 saturated carbocycles. The molecule has 1 heterocycles. The van der Waals surface area contributed by atoms with Crippen molar-refractivity contribution in [3.8, 4) is 5.75 Å². The summed E-state index contributed by atoms with van der Waals surface area (Å²) >= 11 is 0. The number of benzene rings is 1. The van der Waals surface area contributed by atoms with Gasteiger partial charge in [0.25, 0.3) is 0 Å². The monoisotopic (exact) mass is 281 g/mol. The summed E-state index contributed by atoms with van der Waals surface area (Å²) < 4.78 is 29.3. The van der Waals surface area contributed by atoms with Gasteiger partial charge in [0.15, 0.2) is 0 Å². The number of aromatic amines is 1. The molecule has 0 saturated heterocycles. The Hall–Kier alpha value is -1.95. The van der Waals surface area contributed by atoms with E-state index in [-0.39, 0.29) is 17.8 Å². The molecule has 2 aromatic rings. The zero-order chi connectivity index (χ0) is 14.5. The Kier molecular flexibility index (Phi) is 4.68. The van der Waals surface area contributed by atoms with Crippen LogP contribution in [0.5, 0.6) is 5.75 Å². The van der Waals surface area contributed by atoms with Gasteiger partial charge in [-0.1, -0.05) is 18.2 Å². The highest BCUT2D eigenvalue weighted by atomic mass is 19.3. The molecule has 2 atom stereocenters. The van der Waals surface area contributed by atoms with Crippen LogP contribution in [-0.4, -0.2) is 16.8 Å². The largest absolute Gasteiger partial charge is 0.434 e. The topological polar surface area (TPSA) is 49.9 Å². The zero-order valence-electron chi connectivity index (χ0n) is 11.3. The highest BCUT2D eigenvalue weighted by Gasteiger charge is 2.17. The first-order valence-electron chi connectivity index (χ1n) is 6.36. The van der Waals surface area contributed by atoms with Gasteiger partial charge < -0.3 is 10.1 Å². The quantitative estimate of drug-likeness (QED) is 0.853. The van der Waals surface area contributed by atoms with E-state index in [4.69, 9.17) is 0 Å². The molecule has 0 fully saturated rings. The van der Waals surface area contributed by atoms with Crippen LogP contribution in [0.25, 0.3) is 0 Å². The Morgan fingerprint density at radius 1 is 1.20 bits per heavy atom. The Bertz CT molecular complexity index is 531. The molecule has 1 aromatic heterocycles. The lowest BCUT2D eigenvalue weighted by Gasteiger charge is -2.21. The standard InChI is InChI=1S/C14H17F2N3O/c1-9(11-7-17-18-8-11)19-10(2)12-5-3-4-6-13(12)20-14(15)16/h3-10,14,19H,1-2H3,(H,17,18). The van der Waals surface area contributed by atoms with Crippen molar-refractivity contribution in [3.05, 3.63) is 47.8 Å². The summed E-state index contributed by atoms with van der Waals surface area (Å²) in [5.41, 5.74) is 1.70. The maximum absolute atomic E-state index is 12.4. The number of nitrogens with zero attached hydrogens (tertiary/aromatic N) is 1. The minimum absolute atomic E-state index is 0.0448. The summed E-state index contributed by atoms with van der Waals surface area (Å²) in [7, 11) is 0. The third-order valence-electron chi connectivity index (χ3n) is 3.12. The van der Waals surface area contributed by atoms with Crippen LogP contribution < -0.4 is 10.1 Å². The average molecular weight is 281 g/mol. The number of aromatic nitrogens is 2.